The van der Waals surface area contributed by atoms with Gasteiger partial charge in [0.15, 0.2) is 5.16 Å². The number of hydrogen-bond donors (Lipinski definition) is 1. The Hall–Kier alpha value is -2.60. The summed E-state index contributed by atoms with van der Waals surface area (Å²) >= 11 is 1.36. The number of benzene rings is 2. The third-order valence-electron chi connectivity index (χ3n) is 4.01. The van der Waals surface area contributed by atoms with E-state index in [1.807, 2.05) is 31.2 Å². The summed E-state index contributed by atoms with van der Waals surface area (Å²) in [5.74, 6) is 0.0685. The number of carbonyl (C=O) groups excluding carboxylic acids is 1. The summed E-state index contributed by atoms with van der Waals surface area (Å²) < 4.78 is 13.0. The summed E-state index contributed by atoms with van der Waals surface area (Å²) in [6.45, 7) is 2.62. The number of amides is 1. The predicted octanol–water partition coefficient (Wildman–Crippen LogP) is 4.27. The monoisotopic (exact) mass is 369 g/mol. The molecule has 1 amide bonds. The Bertz CT molecular complexity index is 875. The normalized spacial score (nSPS) is 10.7. The Morgan fingerprint density at radius 2 is 1.85 bits per heavy atom. The highest BCUT2D eigenvalue weighted by molar-refractivity contribution is 7.99. The standard InChI is InChI=1S/C20H20FN3OS/c1-14-3-5-15(6-4-14)12-24(2)19(25)13-26-20-22-11-18(23-20)16-7-9-17(21)10-8-16/h3-11H,12-13H2,1-2H3,(H,22,23). The van der Waals surface area contributed by atoms with Crippen LogP contribution >= 0.6 is 11.8 Å². The molecule has 4 nitrogen and oxygen atoms in total. The molecular formula is C20H20FN3OS. The van der Waals surface area contributed by atoms with Gasteiger partial charge in [-0.1, -0.05) is 41.6 Å². The first-order chi connectivity index (χ1) is 12.5. The van der Waals surface area contributed by atoms with E-state index in [2.05, 4.69) is 9.97 Å². The number of aromatic amines is 1. The highest BCUT2D eigenvalue weighted by Gasteiger charge is 2.12. The van der Waals surface area contributed by atoms with E-state index in [1.54, 1.807) is 30.3 Å². The molecule has 1 heterocycles. The van der Waals surface area contributed by atoms with Crippen LogP contribution in [0.25, 0.3) is 11.3 Å². The Morgan fingerprint density at radius 1 is 1.15 bits per heavy atom. The van der Waals surface area contributed by atoms with Gasteiger partial charge in [-0.3, -0.25) is 4.79 Å². The summed E-state index contributed by atoms with van der Waals surface area (Å²) in [4.78, 5) is 21.5. The van der Waals surface area contributed by atoms with Crippen LogP contribution in [0.5, 0.6) is 0 Å². The predicted molar refractivity (Wildman–Crippen MR) is 102 cm³/mol. The molecular weight excluding hydrogens is 349 g/mol. The molecule has 26 heavy (non-hydrogen) atoms. The van der Waals surface area contributed by atoms with Crippen molar-refractivity contribution in [3.8, 4) is 11.3 Å². The topological polar surface area (TPSA) is 49.0 Å². The maximum Gasteiger partial charge on any atom is 0.233 e. The first-order valence-electron chi connectivity index (χ1n) is 8.24. The molecule has 0 radical (unpaired) electrons. The molecule has 3 rings (SSSR count). The second-order valence-electron chi connectivity index (χ2n) is 6.13. The number of aryl methyl sites for hydroxylation is 1. The van der Waals surface area contributed by atoms with Crippen molar-refractivity contribution in [1.29, 1.82) is 0 Å². The molecule has 1 aromatic heterocycles. The van der Waals surface area contributed by atoms with Crippen molar-refractivity contribution in [2.75, 3.05) is 12.8 Å². The molecule has 0 atom stereocenters. The molecule has 6 heteroatoms. The number of carbonyl (C=O) groups is 1. The van der Waals surface area contributed by atoms with E-state index in [0.717, 1.165) is 16.8 Å². The van der Waals surface area contributed by atoms with Crippen molar-refractivity contribution in [3.63, 3.8) is 0 Å². The van der Waals surface area contributed by atoms with Gasteiger partial charge in [-0.25, -0.2) is 9.37 Å². The van der Waals surface area contributed by atoms with Crippen molar-refractivity contribution in [2.24, 2.45) is 0 Å². The van der Waals surface area contributed by atoms with E-state index in [4.69, 9.17) is 0 Å². The molecule has 1 N–H and O–H groups in total. The number of aromatic nitrogens is 2. The average molecular weight is 369 g/mol. The van der Waals surface area contributed by atoms with Gasteiger partial charge in [0.1, 0.15) is 5.82 Å². The Labute approximate surface area is 156 Å². The number of halogens is 1. The summed E-state index contributed by atoms with van der Waals surface area (Å²) in [6.07, 6.45) is 1.69. The fraction of sp³-hybridized carbons (Fsp3) is 0.200. The van der Waals surface area contributed by atoms with Crippen LogP contribution in [0.1, 0.15) is 11.1 Å². The van der Waals surface area contributed by atoms with Crippen LogP contribution in [-0.2, 0) is 11.3 Å². The Morgan fingerprint density at radius 3 is 2.54 bits per heavy atom. The number of imidazole rings is 1. The van der Waals surface area contributed by atoms with E-state index >= 15 is 0 Å². The summed E-state index contributed by atoms with van der Waals surface area (Å²) in [7, 11) is 1.80. The van der Waals surface area contributed by atoms with Crippen LogP contribution in [0.15, 0.2) is 59.9 Å². The summed E-state index contributed by atoms with van der Waals surface area (Å²) in [5.41, 5.74) is 3.96. The van der Waals surface area contributed by atoms with E-state index in [-0.39, 0.29) is 11.7 Å². The lowest BCUT2D eigenvalue weighted by Crippen LogP contribution is -2.27. The van der Waals surface area contributed by atoms with Gasteiger partial charge < -0.3 is 9.88 Å². The second-order valence-corrected chi connectivity index (χ2v) is 7.10. The van der Waals surface area contributed by atoms with Crippen LogP contribution in [-0.4, -0.2) is 33.6 Å². The number of nitrogens with zero attached hydrogens (tertiary/aromatic N) is 2. The number of nitrogens with one attached hydrogen (secondary N) is 1. The van der Waals surface area contributed by atoms with E-state index in [0.29, 0.717) is 17.5 Å². The smallest absolute Gasteiger partial charge is 0.233 e. The minimum absolute atomic E-state index is 0.0373. The van der Waals surface area contributed by atoms with Crippen LogP contribution in [0.4, 0.5) is 4.39 Å². The van der Waals surface area contributed by atoms with Crippen LogP contribution in [0.3, 0.4) is 0 Å². The lowest BCUT2D eigenvalue weighted by Gasteiger charge is -2.16. The van der Waals surface area contributed by atoms with E-state index in [1.165, 1.54) is 29.5 Å². The van der Waals surface area contributed by atoms with Crippen LogP contribution in [0, 0.1) is 12.7 Å². The van der Waals surface area contributed by atoms with E-state index < -0.39 is 0 Å². The molecule has 0 fully saturated rings. The molecule has 0 aliphatic rings. The van der Waals surface area contributed by atoms with Gasteiger partial charge >= 0.3 is 0 Å². The molecule has 2 aromatic carbocycles. The van der Waals surface area contributed by atoms with Gasteiger partial charge in [-0.15, -0.1) is 0 Å². The van der Waals surface area contributed by atoms with Gasteiger partial charge in [0.05, 0.1) is 17.6 Å². The molecule has 0 spiro atoms. The zero-order chi connectivity index (χ0) is 18.5. The van der Waals surface area contributed by atoms with Crippen molar-refractivity contribution >= 4 is 17.7 Å². The highest BCUT2D eigenvalue weighted by atomic mass is 32.2. The van der Waals surface area contributed by atoms with E-state index in [9.17, 15) is 9.18 Å². The minimum Gasteiger partial charge on any atom is -0.341 e. The van der Waals surface area contributed by atoms with Crippen molar-refractivity contribution in [1.82, 2.24) is 14.9 Å². The van der Waals surface area contributed by atoms with Gasteiger partial charge in [0, 0.05) is 13.6 Å². The fourth-order valence-corrected chi connectivity index (χ4v) is 3.24. The third kappa shape index (κ3) is 4.73. The Balaban J connectivity index is 1.54. The molecule has 0 unspecified atom stereocenters. The first-order valence-corrected chi connectivity index (χ1v) is 9.23. The maximum absolute atomic E-state index is 13.0. The quantitative estimate of drug-likeness (QED) is 0.660. The number of rotatable bonds is 6. The van der Waals surface area contributed by atoms with Crippen molar-refractivity contribution in [3.05, 3.63) is 71.7 Å². The summed E-state index contributed by atoms with van der Waals surface area (Å²) in [6, 6.07) is 14.4. The van der Waals surface area contributed by atoms with Crippen LogP contribution in [0.2, 0.25) is 0 Å². The molecule has 3 aromatic rings. The SMILES string of the molecule is Cc1ccc(CN(C)C(=O)CSc2ncc(-c3ccc(F)cc3)[nH]2)cc1. The fourth-order valence-electron chi connectivity index (χ4n) is 2.45. The molecule has 0 aliphatic carbocycles. The van der Waals surface area contributed by atoms with Gasteiger partial charge in [0.25, 0.3) is 0 Å². The third-order valence-corrected chi connectivity index (χ3v) is 4.88. The lowest BCUT2D eigenvalue weighted by atomic mass is 10.1. The highest BCUT2D eigenvalue weighted by Crippen LogP contribution is 2.22. The molecule has 0 aliphatic heterocycles. The second kappa shape index (κ2) is 8.19. The lowest BCUT2D eigenvalue weighted by molar-refractivity contribution is -0.127. The first kappa shape index (κ1) is 18.2. The number of thioether (sulfide) groups is 1. The largest absolute Gasteiger partial charge is 0.341 e. The van der Waals surface area contributed by atoms with Crippen LogP contribution < -0.4 is 0 Å². The zero-order valence-electron chi connectivity index (χ0n) is 14.7. The zero-order valence-corrected chi connectivity index (χ0v) is 15.5. The Kier molecular flexibility index (Phi) is 5.73. The molecule has 0 bridgehead atoms. The van der Waals surface area contributed by atoms with Gasteiger partial charge in [-0.2, -0.15) is 0 Å². The molecule has 134 valence electrons. The van der Waals surface area contributed by atoms with Crippen molar-refractivity contribution in [2.45, 2.75) is 18.6 Å². The number of hydrogen-bond acceptors (Lipinski definition) is 3. The summed E-state index contributed by atoms with van der Waals surface area (Å²) in [5, 5.41) is 0.668. The maximum atomic E-state index is 13.0. The molecule has 0 saturated heterocycles. The molecule has 0 saturated carbocycles. The van der Waals surface area contributed by atoms with Gasteiger partial charge in [-0.05, 0) is 42.3 Å². The number of H-pyrrole nitrogens is 1. The average Bonchev–Trinajstić information content (AvgIpc) is 3.11. The van der Waals surface area contributed by atoms with Crippen molar-refractivity contribution < 1.29 is 9.18 Å². The minimum atomic E-state index is -0.273. The van der Waals surface area contributed by atoms with Gasteiger partial charge in [0.2, 0.25) is 5.91 Å².